The molecule has 2 amide bonds. The van der Waals surface area contributed by atoms with Crippen LogP contribution in [0, 0.1) is 0 Å². The number of rotatable bonds is 3. The Kier molecular flexibility index (Phi) is 4.63. The molecule has 2 aromatic rings. The Morgan fingerprint density at radius 2 is 1.65 bits per heavy atom. The quantitative estimate of drug-likeness (QED) is 0.813. The van der Waals surface area contributed by atoms with Crippen LogP contribution in [0.1, 0.15) is 10.4 Å². The normalized spacial score (nSPS) is 14.7. The van der Waals surface area contributed by atoms with Crippen LogP contribution in [0.4, 0.5) is 0 Å². The fourth-order valence-electron chi connectivity index (χ4n) is 2.70. The standard InChI is InChI=1S/C18H17ClN2O2/c19-17-7-6-15(14-4-2-1-3-5-14)12-16(17)18(23)21-10-8-20(13-22)9-11-21/h1-7,12-13H,8-11H2. The van der Waals surface area contributed by atoms with Gasteiger partial charge in [0.2, 0.25) is 6.41 Å². The summed E-state index contributed by atoms with van der Waals surface area (Å²) in [7, 11) is 0. The molecule has 0 saturated carbocycles. The van der Waals surface area contributed by atoms with Gasteiger partial charge in [-0.05, 0) is 23.3 Å². The van der Waals surface area contributed by atoms with Crippen LogP contribution >= 0.6 is 11.6 Å². The Morgan fingerprint density at radius 1 is 0.957 bits per heavy atom. The highest BCUT2D eigenvalue weighted by Gasteiger charge is 2.23. The molecule has 0 unspecified atom stereocenters. The molecule has 0 atom stereocenters. The summed E-state index contributed by atoms with van der Waals surface area (Å²) in [6.45, 7) is 2.18. The van der Waals surface area contributed by atoms with E-state index in [1.165, 1.54) is 0 Å². The van der Waals surface area contributed by atoms with Gasteiger partial charge in [-0.2, -0.15) is 0 Å². The molecule has 0 aliphatic carbocycles. The van der Waals surface area contributed by atoms with Crippen LogP contribution in [-0.2, 0) is 4.79 Å². The van der Waals surface area contributed by atoms with E-state index < -0.39 is 0 Å². The lowest BCUT2D eigenvalue weighted by Gasteiger charge is -2.32. The summed E-state index contributed by atoms with van der Waals surface area (Å²) in [6.07, 6.45) is 0.824. The minimum absolute atomic E-state index is 0.0849. The van der Waals surface area contributed by atoms with Crippen LogP contribution in [0.15, 0.2) is 48.5 Å². The van der Waals surface area contributed by atoms with E-state index >= 15 is 0 Å². The molecular formula is C18H17ClN2O2. The molecule has 4 nitrogen and oxygen atoms in total. The van der Waals surface area contributed by atoms with Crippen molar-refractivity contribution in [3.8, 4) is 11.1 Å². The molecule has 1 aliphatic rings. The molecule has 1 saturated heterocycles. The van der Waals surface area contributed by atoms with Gasteiger partial charge in [0.1, 0.15) is 0 Å². The summed E-state index contributed by atoms with van der Waals surface area (Å²) in [6, 6.07) is 15.4. The van der Waals surface area contributed by atoms with Crippen molar-refractivity contribution in [1.29, 1.82) is 0 Å². The predicted octanol–water partition coefficient (Wildman–Crippen LogP) is 2.92. The molecular weight excluding hydrogens is 312 g/mol. The van der Waals surface area contributed by atoms with Crippen LogP contribution in [-0.4, -0.2) is 48.3 Å². The maximum atomic E-state index is 12.7. The Bertz CT molecular complexity index is 710. The highest BCUT2D eigenvalue weighted by atomic mass is 35.5. The van der Waals surface area contributed by atoms with Gasteiger partial charge >= 0.3 is 0 Å². The zero-order chi connectivity index (χ0) is 16.2. The molecule has 23 heavy (non-hydrogen) atoms. The van der Waals surface area contributed by atoms with Gasteiger partial charge in [-0.15, -0.1) is 0 Å². The topological polar surface area (TPSA) is 40.6 Å². The Labute approximate surface area is 140 Å². The van der Waals surface area contributed by atoms with Crippen molar-refractivity contribution < 1.29 is 9.59 Å². The third-order valence-corrected chi connectivity index (χ3v) is 4.38. The summed E-state index contributed by atoms with van der Waals surface area (Å²) in [5.41, 5.74) is 2.52. The number of nitrogens with zero attached hydrogens (tertiary/aromatic N) is 2. The first-order valence-corrected chi connectivity index (χ1v) is 7.90. The van der Waals surface area contributed by atoms with E-state index in [1.54, 1.807) is 15.9 Å². The predicted molar refractivity (Wildman–Crippen MR) is 90.4 cm³/mol. The van der Waals surface area contributed by atoms with Gasteiger partial charge in [0, 0.05) is 26.2 Å². The van der Waals surface area contributed by atoms with Crippen LogP contribution in [0.3, 0.4) is 0 Å². The second kappa shape index (κ2) is 6.84. The number of hydrogen-bond donors (Lipinski definition) is 0. The number of hydrogen-bond acceptors (Lipinski definition) is 2. The lowest BCUT2D eigenvalue weighted by molar-refractivity contribution is -0.119. The molecule has 2 aromatic carbocycles. The molecule has 0 spiro atoms. The van der Waals surface area contributed by atoms with Crippen LogP contribution < -0.4 is 0 Å². The molecule has 1 heterocycles. The van der Waals surface area contributed by atoms with Crippen molar-refractivity contribution in [1.82, 2.24) is 9.80 Å². The van der Waals surface area contributed by atoms with Gasteiger partial charge in [-0.25, -0.2) is 0 Å². The fourth-order valence-corrected chi connectivity index (χ4v) is 2.90. The van der Waals surface area contributed by atoms with Gasteiger partial charge in [0.25, 0.3) is 5.91 Å². The average Bonchev–Trinajstić information content (AvgIpc) is 2.62. The molecule has 0 N–H and O–H groups in total. The second-order valence-electron chi connectivity index (χ2n) is 5.49. The lowest BCUT2D eigenvalue weighted by atomic mass is 10.0. The zero-order valence-corrected chi connectivity index (χ0v) is 13.4. The van der Waals surface area contributed by atoms with Crippen LogP contribution in [0.5, 0.6) is 0 Å². The number of carbonyl (C=O) groups is 2. The minimum atomic E-state index is -0.0849. The summed E-state index contributed by atoms with van der Waals surface area (Å²) in [5, 5.41) is 0.451. The Hall–Kier alpha value is -2.33. The molecule has 0 radical (unpaired) electrons. The van der Waals surface area contributed by atoms with E-state index in [9.17, 15) is 9.59 Å². The highest BCUT2D eigenvalue weighted by Crippen LogP contribution is 2.26. The van der Waals surface area contributed by atoms with E-state index in [0.29, 0.717) is 36.8 Å². The van der Waals surface area contributed by atoms with Crippen LogP contribution in [0.25, 0.3) is 11.1 Å². The van der Waals surface area contributed by atoms with Crippen molar-refractivity contribution >= 4 is 23.9 Å². The number of carbonyl (C=O) groups excluding carboxylic acids is 2. The monoisotopic (exact) mass is 328 g/mol. The molecule has 1 aliphatic heterocycles. The third kappa shape index (κ3) is 3.37. The van der Waals surface area contributed by atoms with E-state index in [-0.39, 0.29) is 5.91 Å². The molecule has 0 aromatic heterocycles. The Morgan fingerprint density at radius 3 is 2.30 bits per heavy atom. The SMILES string of the molecule is O=CN1CCN(C(=O)c2cc(-c3ccccc3)ccc2Cl)CC1. The Balaban J connectivity index is 1.84. The first kappa shape index (κ1) is 15.6. The van der Waals surface area contributed by atoms with Gasteiger partial charge in [0.05, 0.1) is 10.6 Å². The number of amides is 2. The smallest absolute Gasteiger partial charge is 0.255 e. The van der Waals surface area contributed by atoms with Gasteiger partial charge in [-0.3, -0.25) is 9.59 Å². The summed E-state index contributed by atoms with van der Waals surface area (Å²) < 4.78 is 0. The van der Waals surface area contributed by atoms with Gasteiger partial charge in [0.15, 0.2) is 0 Å². The number of piperazine rings is 1. The molecule has 1 fully saturated rings. The van der Waals surface area contributed by atoms with E-state index in [2.05, 4.69) is 0 Å². The molecule has 5 heteroatoms. The van der Waals surface area contributed by atoms with E-state index in [0.717, 1.165) is 17.5 Å². The second-order valence-corrected chi connectivity index (χ2v) is 5.90. The van der Waals surface area contributed by atoms with E-state index in [4.69, 9.17) is 11.6 Å². The van der Waals surface area contributed by atoms with Gasteiger partial charge < -0.3 is 9.80 Å². The highest BCUT2D eigenvalue weighted by molar-refractivity contribution is 6.34. The van der Waals surface area contributed by atoms with E-state index in [1.807, 2.05) is 42.5 Å². The number of halogens is 1. The van der Waals surface area contributed by atoms with Crippen molar-refractivity contribution in [2.75, 3.05) is 26.2 Å². The van der Waals surface area contributed by atoms with Crippen LogP contribution in [0.2, 0.25) is 5.02 Å². The summed E-state index contributed by atoms with van der Waals surface area (Å²) >= 11 is 6.24. The van der Waals surface area contributed by atoms with Crippen molar-refractivity contribution in [2.45, 2.75) is 0 Å². The minimum Gasteiger partial charge on any atom is -0.342 e. The van der Waals surface area contributed by atoms with Gasteiger partial charge in [-0.1, -0.05) is 48.0 Å². The van der Waals surface area contributed by atoms with Crippen molar-refractivity contribution in [3.05, 3.63) is 59.1 Å². The molecule has 3 rings (SSSR count). The summed E-state index contributed by atoms with van der Waals surface area (Å²) in [5.74, 6) is -0.0849. The first-order chi connectivity index (χ1) is 11.2. The first-order valence-electron chi connectivity index (χ1n) is 7.52. The third-order valence-electron chi connectivity index (χ3n) is 4.05. The molecule has 118 valence electrons. The fraction of sp³-hybridized carbons (Fsp3) is 0.222. The average molecular weight is 329 g/mol. The maximum absolute atomic E-state index is 12.7. The number of benzene rings is 2. The lowest BCUT2D eigenvalue weighted by Crippen LogP contribution is -2.48. The van der Waals surface area contributed by atoms with Crippen molar-refractivity contribution in [3.63, 3.8) is 0 Å². The largest absolute Gasteiger partial charge is 0.342 e. The maximum Gasteiger partial charge on any atom is 0.255 e. The van der Waals surface area contributed by atoms with Crippen molar-refractivity contribution in [2.24, 2.45) is 0 Å². The zero-order valence-electron chi connectivity index (χ0n) is 12.6. The molecule has 0 bridgehead atoms. The summed E-state index contributed by atoms with van der Waals surface area (Å²) in [4.78, 5) is 26.9.